The summed E-state index contributed by atoms with van der Waals surface area (Å²) >= 11 is 0. The molecule has 0 radical (unpaired) electrons. The molecule has 0 unspecified atom stereocenters. The third-order valence-corrected chi connectivity index (χ3v) is 2.49. The molecule has 0 spiro atoms. The number of ether oxygens (including phenoxy) is 1. The van der Waals surface area contributed by atoms with Crippen molar-refractivity contribution < 1.29 is 14.3 Å². The average molecular weight is 249 g/mol. The second kappa shape index (κ2) is 6.19. The van der Waals surface area contributed by atoms with E-state index in [1.165, 1.54) is 6.92 Å². The van der Waals surface area contributed by atoms with Crippen molar-refractivity contribution in [3.8, 4) is 0 Å². The zero-order valence-corrected chi connectivity index (χ0v) is 11.2. The third kappa shape index (κ3) is 3.58. The molecule has 0 fully saturated rings. The van der Waals surface area contributed by atoms with Crippen molar-refractivity contribution in [1.82, 2.24) is 0 Å². The highest BCUT2D eigenvalue weighted by atomic mass is 16.5. The standard InChI is InChI=1S/C14H19NO3/c1-5-18-14(17)13-8-11(15-10(4)16)6-7-12(13)9(2)3/h6-9H,5H2,1-4H3,(H,15,16). The van der Waals surface area contributed by atoms with E-state index in [1.807, 2.05) is 19.9 Å². The van der Waals surface area contributed by atoms with Gasteiger partial charge in [-0.25, -0.2) is 4.79 Å². The molecule has 0 aliphatic rings. The number of carbonyl (C=O) groups is 2. The van der Waals surface area contributed by atoms with Gasteiger partial charge in [0.15, 0.2) is 0 Å². The summed E-state index contributed by atoms with van der Waals surface area (Å²) in [6.07, 6.45) is 0. The van der Waals surface area contributed by atoms with E-state index in [0.29, 0.717) is 17.9 Å². The molecule has 4 nitrogen and oxygen atoms in total. The Kier molecular flexibility index (Phi) is 4.89. The maximum atomic E-state index is 11.9. The number of amides is 1. The van der Waals surface area contributed by atoms with Crippen LogP contribution in [-0.4, -0.2) is 18.5 Å². The van der Waals surface area contributed by atoms with E-state index in [1.54, 1.807) is 19.1 Å². The first-order valence-corrected chi connectivity index (χ1v) is 6.04. The van der Waals surface area contributed by atoms with Gasteiger partial charge < -0.3 is 10.1 Å². The van der Waals surface area contributed by atoms with E-state index in [-0.39, 0.29) is 17.8 Å². The van der Waals surface area contributed by atoms with E-state index >= 15 is 0 Å². The van der Waals surface area contributed by atoms with Gasteiger partial charge in [-0.15, -0.1) is 0 Å². The number of hydrogen-bond acceptors (Lipinski definition) is 3. The highest BCUT2D eigenvalue weighted by Crippen LogP contribution is 2.24. The molecular weight excluding hydrogens is 230 g/mol. The Hall–Kier alpha value is -1.84. The van der Waals surface area contributed by atoms with Crippen LogP contribution in [0.5, 0.6) is 0 Å². The lowest BCUT2D eigenvalue weighted by Gasteiger charge is -2.13. The Morgan fingerprint density at radius 3 is 2.50 bits per heavy atom. The highest BCUT2D eigenvalue weighted by Gasteiger charge is 2.15. The summed E-state index contributed by atoms with van der Waals surface area (Å²) in [6, 6.07) is 5.30. The van der Waals surface area contributed by atoms with Crippen molar-refractivity contribution in [3.05, 3.63) is 29.3 Å². The molecule has 1 rings (SSSR count). The Balaban J connectivity index is 3.15. The SMILES string of the molecule is CCOC(=O)c1cc(NC(C)=O)ccc1C(C)C. The summed E-state index contributed by atoms with van der Waals surface area (Å²) in [4.78, 5) is 22.9. The van der Waals surface area contributed by atoms with Crippen LogP contribution in [0.15, 0.2) is 18.2 Å². The number of esters is 1. The Bertz CT molecular complexity index is 452. The predicted molar refractivity (Wildman–Crippen MR) is 70.8 cm³/mol. The fraction of sp³-hybridized carbons (Fsp3) is 0.429. The molecule has 0 aromatic heterocycles. The van der Waals surface area contributed by atoms with Gasteiger partial charge in [0, 0.05) is 12.6 Å². The van der Waals surface area contributed by atoms with E-state index < -0.39 is 0 Å². The summed E-state index contributed by atoms with van der Waals surface area (Å²) in [6.45, 7) is 7.55. The first-order valence-electron chi connectivity index (χ1n) is 6.04. The van der Waals surface area contributed by atoms with E-state index in [2.05, 4.69) is 5.32 Å². The molecule has 0 aliphatic heterocycles. The van der Waals surface area contributed by atoms with Gasteiger partial charge in [0.1, 0.15) is 0 Å². The lowest BCUT2D eigenvalue weighted by molar-refractivity contribution is -0.114. The summed E-state index contributed by atoms with van der Waals surface area (Å²) in [7, 11) is 0. The molecule has 4 heteroatoms. The van der Waals surface area contributed by atoms with Gasteiger partial charge in [0.05, 0.1) is 12.2 Å². The quantitative estimate of drug-likeness (QED) is 0.835. The Morgan fingerprint density at radius 1 is 1.33 bits per heavy atom. The number of anilines is 1. The molecular formula is C14H19NO3. The lowest BCUT2D eigenvalue weighted by Crippen LogP contribution is -2.11. The fourth-order valence-electron chi connectivity index (χ4n) is 1.73. The second-order valence-corrected chi connectivity index (χ2v) is 4.36. The van der Waals surface area contributed by atoms with Crippen molar-refractivity contribution in [2.75, 3.05) is 11.9 Å². The number of nitrogens with one attached hydrogen (secondary N) is 1. The van der Waals surface area contributed by atoms with Gasteiger partial charge >= 0.3 is 5.97 Å². The maximum Gasteiger partial charge on any atom is 0.338 e. The van der Waals surface area contributed by atoms with Crippen molar-refractivity contribution in [1.29, 1.82) is 0 Å². The Labute approximate surface area is 107 Å². The molecule has 1 aromatic rings. The summed E-state index contributed by atoms with van der Waals surface area (Å²) in [5.74, 6) is -0.300. The van der Waals surface area contributed by atoms with Crippen LogP contribution in [0.4, 0.5) is 5.69 Å². The van der Waals surface area contributed by atoms with Crippen LogP contribution < -0.4 is 5.32 Å². The number of carbonyl (C=O) groups excluding carboxylic acids is 2. The zero-order chi connectivity index (χ0) is 13.7. The summed E-state index contributed by atoms with van der Waals surface area (Å²) in [5.41, 5.74) is 2.04. The van der Waals surface area contributed by atoms with Gasteiger partial charge in [-0.2, -0.15) is 0 Å². The smallest absolute Gasteiger partial charge is 0.338 e. The van der Waals surface area contributed by atoms with E-state index in [9.17, 15) is 9.59 Å². The largest absolute Gasteiger partial charge is 0.462 e. The van der Waals surface area contributed by atoms with Gasteiger partial charge in [0.25, 0.3) is 0 Å². The van der Waals surface area contributed by atoms with Crippen molar-refractivity contribution >= 4 is 17.6 Å². The minimum Gasteiger partial charge on any atom is -0.462 e. The third-order valence-electron chi connectivity index (χ3n) is 2.49. The molecule has 0 heterocycles. The molecule has 0 saturated carbocycles. The van der Waals surface area contributed by atoms with Gasteiger partial charge in [-0.05, 0) is 30.5 Å². The Morgan fingerprint density at radius 2 is 2.00 bits per heavy atom. The van der Waals surface area contributed by atoms with E-state index in [4.69, 9.17) is 4.74 Å². The maximum absolute atomic E-state index is 11.9. The van der Waals surface area contributed by atoms with Crippen LogP contribution in [0.1, 0.15) is 49.5 Å². The molecule has 0 bridgehead atoms. The number of hydrogen-bond donors (Lipinski definition) is 1. The zero-order valence-electron chi connectivity index (χ0n) is 11.2. The molecule has 0 saturated heterocycles. The second-order valence-electron chi connectivity index (χ2n) is 4.36. The van der Waals surface area contributed by atoms with Gasteiger partial charge in [0.2, 0.25) is 5.91 Å². The van der Waals surface area contributed by atoms with Gasteiger partial charge in [-0.3, -0.25) is 4.79 Å². The lowest BCUT2D eigenvalue weighted by atomic mass is 9.96. The van der Waals surface area contributed by atoms with Crippen LogP contribution >= 0.6 is 0 Å². The first kappa shape index (κ1) is 14.2. The molecule has 1 N–H and O–H groups in total. The predicted octanol–water partition coefficient (Wildman–Crippen LogP) is 2.95. The van der Waals surface area contributed by atoms with E-state index in [0.717, 1.165) is 5.56 Å². The van der Waals surface area contributed by atoms with Crippen LogP contribution in [0.25, 0.3) is 0 Å². The molecule has 18 heavy (non-hydrogen) atoms. The summed E-state index contributed by atoms with van der Waals surface area (Å²) < 4.78 is 5.03. The van der Waals surface area contributed by atoms with Crippen molar-refractivity contribution in [3.63, 3.8) is 0 Å². The number of benzene rings is 1. The minimum atomic E-state index is -0.353. The van der Waals surface area contributed by atoms with Gasteiger partial charge in [-0.1, -0.05) is 19.9 Å². The first-order chi connectivity index (χ1) is 8.45. The molecule has 98 valence electrons. The van der Waals surface area contributed by atoms with Crippen LogP contribution in [0, 0.1) is 0 Å². The average Bonchev–Trinajstić information content (AvgIpc) is 2.28. The fourth-order valence-corrected chi connectivity index (χ4v) is 1.73. The van der Waals surface area contributed by atoms with Crippen LogP contribution in [-0.2, 0) is 9.53 Å². The highest BCUT2D eigenvalue weighted by molar-refractivity contribution is 5.95. The summed E-state index contributed by atoms with van der Waals surface area (Å²) in [5, 5.41) is 2.66. The van der Waals surface area contributed by atoms with Crippen molar-refractivity contribution in [2.45, 2.75) is 33.6 Å². The topological polar surface area (TPSA) is 55.4 Å². The normalized spacial score (nSPS) is 10.3. The molecule has 0 aliphatic carbocycles. The molecule has 1 aromatic carbocycles. The van der Waals surface area contributed by atoms with Crippen LogP contribution in [0.3, 0.4) is 0 Å². The molecule has 0 atom stereocenters. The number of rotatable bonds is 4. The minimum absolute atomic E-state index is 0.165. The molecule has 1 amide bonds. The van der Waals surface area contributed by atoms with Crippen LogP contribution in [0.2, 0.25) is 0 Å². The van der Waals surface area contributed by atoms with Crippen molar-refractivity contribution in [2.24, 2.45) is 0 Å². The monoisotopic (exact) mass is 249 g/mol.